The summed E-state index contributed by atoms with van der Waals surface area (Å²) in [6, 6.07) is 5.70. The third-order valence-electron chi connectivity index (χ3n) is 3.08. The number of hydrogen-bond acceptors (Lipinski definition) is 5. The Bertz CT molecular complexity index is 765. The lowest BCUT2D eigenvalue weighted by molar-refractivity contribution is 0.101. The van der Waals surface area contributed by atoms with Crippen molar-refractivity contribution in [3.63, 3.8) is 0 Å². The lowest BCUT2D eigenvalue weighted by Crippen LogP contribution is -2.11. The molecule has 0 radical (unpaired) electrons. The first-order valence-corrected chi connectivity index (χ1v) is 6.97. The number of amides is 1. The highest BCUT2D eigenvalue weighted by molar-refractivity contribution is 7.22. The Morgan fingerprint density at radius 3 is 2.65 bits per heavy atom. The number of carbonyl (C=O) groups is 1. The van der Waals surface area contributed by atoms with E-state index in [1.165, 1.54) is 22.5 Å². The van der Waals surface area contributed by atoms with Gasteiger partial charge in [0.15, 0.2) is 10.8 Å². The molecule has 0 atom stereocenters. The fourth-order valence-corrected chi connectivity index (χ4v) is 2.81. The molecule has 0 unspecified atom stereocenters. The Labute approximate surface area is 119 Å². The normalized spacial score (nSPS) is 10.9. The van der Waals surface area contributed by atoms with Gasteiger partial charge < -0.3 is 4.52 Å². The molecule has 2 heterocycles. The standard InChI is InChI=1S/C14H13N3O2S/c1-7-4-10-12(5-8(7)2)20-14(15-10)16-13(18)11-6-9(3)19-17-11/h4-6H,1-3H3,(H,15,16,18). The van der Waals surface area contributed by atoms with E-state index in [0.29, 0.717) is 10.9 Å². The molecule has 0 saturated heterocycles. The highest BCUT2D eigenvalue weighted by atomic mass is 32.1. The molecule has 20 heavy (non-hydrogen) atoms. The predicted octanol–water partition coefficient (Wildman–Crippen LogP) is 3.46. The summed E-state index contributed by atoms with van der Waals surface area (Å²) in [5.74, 6) is 0.292. The van der Waals surface area contributed by atoms with Gasteiger partial charge in [0.05, 0.1) is 10.2 Å². The third kappa shape index (κ3) is 2.30. The molecular weight excluding hydrogens is 274 g/mol. The van der Waals surface area contributed by atoms with Gasteiger partial charge in [0, 0.05) is 6.07 Å². The quantitative estimate of drug-likeness (QED) is 0.783. The molecule has 5 nitrogen and oxygen atoms in total. The summed E-state index contributed by atoms with van der Waals surface area (Å²) in [4.78, 5) is 16.4. The second-order valence-corrected chi connectivity index (χ2v) is 5.73. The van der Waals surface area contributed by atoms with Gasteiger partial charge in [-0.2, -0.15) is 0 Å². The maximum atomic E-state index is 12.0. The van der Waals surface area contributed by atoms with E-state index in [-0.39, 0.29) is 11.6 Å². The minimum absolute atomic E-state index is 0.258. The fourth-order valence-electron chi connectivity index (χ4n) is 1.87. The van der Waals surface area contributed by atoms with Crippen LogP contribution in [0.2, 0.25) is 0 Å². The van der Waals surface area contributed by atoms with Gasteiger partial charge in [-0.15, -0.1) is 0 Å². The number of aryl methyl sites for hydroxylation is 3. The average Bonchev–Trinajstić information content (AvgIpc) is 2.96. The van der Waals surface area contributed by atoms with Gasteiger partial charge in [0.2, 0.25) is 0 Å². The number of carbonyl (C=O) groups excluding carboxylic acids is 1. The van der Waals surface area contributed by atoms with Gasteiger partial charge in [0.25, 0.3) is 5.91 Å². The number of fused-ring (bicyclic) bond motifs is 1. The number of nitrogens with one attached hydrogen (secondary N) is 1. The van der Waals surface area contributed by atoms with Crippen LogP contribution < -0.4 is 5.32 Å². The van der Waals surface area contributed by atoms with E-state index in [9.17, 15) is 4.79 Å². The fraction of sp³-hybridized carbons (Fsp3) is 0.214. The summed E-state index contributed by atoms with van der Waals surface area (Å²) < 4.78 is 5.94. The number of rotatable bonds is 2. The van der Waals surface area contributed by atoms with E-state index >= 15 is 0 Å². The van der Waals surface area contributed by atoms with Crippen LogP contribution in [0.3, 0.4) is 0 Å². The highest BCUT2D eigenvalue weighted by Gasteiger charge is 2.14. The lowest BCUT2D eigenvalue weighted by atomic mass is 10.1. The highest BCUT2D eigenvalue weighted by Crippen LogP contribution is 2.28. The molecule has 2 aromatic heterocycles. The van der Waals surface area contributed by atoms with Crippen LogP contribution in [-0.4, -0.2) is 16.0 Å². The van der Waals surface area contributed by atoms with E-state index in [4.69, 9.17) is 4.52 Å². The molecule has 0 bridgehead atoms. The van der Waals surface area contributed by atoms with Gasteiger partial charge in [-0.3, -0.25) is 10.1 Å². The molecule has 1 amide bonds. The van der Waals surface area contributed by atoms with E-state index < -0.39 is 0 Å². The second kappa shape index (κ2) is 4.72. The van der Waals surface area contributed by atoms with Crippen molar-refractivity contribution in [3.8, 4) is 0 Å². The largest absolute Gasteiger partial charge is 0.361 e. The Morgan fingerprint density at radius 1 is 1.20 bits per heavy atom. The number of thiazole rings is 1. The number of nitrogens with zero attached hydrogens (tertiary/aromatic N) is 2. The minimum atomic E-state index is -0.311. The molecule has 0 spiro atoms. The first-order chi connectivity index (χ1) is 9.52. The van der Waals surface area contributed by atoms with E-state index in [1.54, 1.807) is 13.0 Å². The number of benzene rings is 1. The molecule has 0 fully saturated rings. The number of anilines is 1. The molecule has 3 rings (SSSR count). The van der Waals surface area contributed by atoms with Crippen molar-refractivity contribution in [1.82, 2.24) is 10.1 Å². The van der Waals surface area contributed by atoms with Gasteiger partial charge in [-0.25, -0.2) is 4.98 Å². The van der Waals surface area contributed by atoms with E-state index in [2.05, 4.69) is 28.4 Å². The summed E-state index contributed by atoms with van der Waals surface area (Å²) in [6.07, 6.45) is 0. The summed E-state index contributed by atoms with van der Waals surface area (Å²) in [5.41, 5.74) is 3.55. The Hall–Kier alpha value is -2.21. The van der Waals surface area contributed by atoms with Crippen molar-refractivity contribution < 1.29 is 9.32 Å². The van der Waals surface area contributed by atoms with Crippen molar-refractivity contribution >= 4 is 32.6 Å². The van der Waals surface area contributed by atoms with Crippen LogP contribution in [0.15, 0.2) is 22.7 Å². The maximum absolute atomic E-state index is 12.0. The van der Waals surface area contributed by atoms with Crippen molar-refractivity contribution in [2.24, 2.45) is 0 Å². The minimum Gasteiger partial charge on any atom is -0.361 e. The van der Waals surface area contributed by atoms with Gasteiger partial charge in [-0.1, -0.05) is 16.5 Å². The third-order valence-corrected chi connectivity index (χ3v) is 4.02. The summed E-state index contributed by atoms with van der Waals surface area (Å²) >= 11 is 1.45. The molecule has 0 saturated carbocycles. The molecular formula is C14H13N3O2S. The number of hydrogen-bond donors (Lipinski definition) is 1. The molecule has 0 aliphatic heterocycles. The topological polar surface area (TPSA) is 68.0 Å². The summed E-state index contributed by atoms with van der Waals surface area (Å²) in [6.45, 7) is 5.85. The molecule has 3 aromatic rings. The molecule has 1 aromatic carbocycles. The second-order valence-electron chi connectivity index (χ2n) is 4.70. The van der Waals surface area contributed by atoms with Crippen LogP contribution in [0.1, 0.15) is 27.4 Å². The number of aromatic nitrogens is 2. The lowest BCUT2D eigenvalue weighted by Gasteiger charge is -1.96. The van der Waals surface area contributed by atoms with Gasteiger partial charge in [0.1, 0.15) is 5.76 Å². The zero-order valence-corrected chi connectivity index (χ0v) is 12.2. The molecule has 6 heteroatoms. The SMILES string of the molecule is Cc1cc(C(=O)Nc2nc3cc(C)c(C)cc3s2)no1. The van der Waals surface area contributed by atoms with Gasteiger partial charge >= 0.3 is 0 Å². The molecule has 102 valence electrons. The summed E-state index contributed by atoms with van der Waals surface area (Å²) in [7, 11) is 0. The zero-order valence-electron chi connectivity index (χ0n) is 11.4. The monoisotopic (exact) mass is 287 g/mol. The zero-order chi connectivity index (χ0) is 14.3. The van der Waals surface area contributed by atoms with Crippen LogP contribution in [0.4, 0.5) is 5.13 Å². The van der Waals surface area contributed by atoms with Crippen LogP contribution in [0.25, 0.3) is 10.2 Å². The predicted molar refractivity (Wildman–Crippen MR) is 78.3 cm³/mol. The Morgan fingerprint density at radius 2 is 1.95 bits per heavy atom. The average molecular weight is 287 g/mol. The van der Waals surface area contributed by atoms with Crippen LogP contribution in [0, 0.1) is 20.8 Å². The smallest absolute Gasteiger partial charge is 0.279 e. The summed E-state index contributed by atoms with van der Waals surface area (Å²) in [5, 5.41) is 7.00. The Kier molecular flexibility index (Phi) is 3.02. The van der Waals surface area contributed by atoms with Crippen LogP contribution in [-0.2, 0) is 0 Å². The molecule has 1 N–H and O–H groups in total. The van der Waals surface area contributed by atoms with Crippen LogP contribution in [0.5, 0.6) is 0 Å². The van der Waals surface area contributed by atoms with E-state index in [0.717, 1.165) is 10.2 Å². The maximum Gasteiger partial charge on any atom is 0.279 e. The van der Waals surface area contributed by atoms with Crippen molar-refractivity contribution in [2.75, 3.05) is 5.32 Å². The first kappa shape index (κ1) is 12.8. The first-order valence-electron chi connectivity index (χ1n) is 6.15. The van der Waals surface area contributed by atoms with Gasteiger partial charge in [-0.05, 0) is 44.0 Å². The van der Waals surface area contributed by atoms with E-state index in [1.807, 2.05) is 13.0 Å². The Balaban J connectivity index is 1.89. The van der Waals surface area contributed by atoms with Crippen molar-refractivity contribution in [3.05, 3.63) is 40.8 Å². The molecule has 0 aliphatic rings. The van der Waals surface area contributed by atoms with Crippen molar-refractivity contribution in [1.29, 1.82) is 0 Å². The molecule has 0 aliphatic carbocycles. The van der Waals surface area contributed by atoms with Crippen molar-refractivity contribution in [2.45, 2.75) is 20.8 Å². The van der Waals surface area contributed by atoms with Crippen LogP contribution >= 0.6 is 11.3 Å².